The molecule has 0 N–H and O–H groups in total. The molecular weight excluding hydrogens is 273 g/mol. The summed E-state index contributed by atoms with van der Waals surface area (Å²) < 4.78 is 3.69. The summed E-state index contributed by atoms with van der Waals surface area (Å²) in [6.45, 7) is 5.43. The van der Waals surface area contributed by atoms with Crippen LogP contribution in [0.4, 0.5) is 0 Å². The average Bonchev–Trinajstić information content (AvgIpc) is 2.19. The first kappa shape index (κ1) is 10.8. The zero-order valence-electron chi connectivity index (χ0n) is 8.20. The molecule has 1 aliphatic heterocycles. The van der Waals surface area contributed by atoms with E-state index in [0.29, 0.717) is 0 Å². The summed E-state index contributed by atoms with van der Waals surface area (Å²) in [7, 11) is 0. The van der Waals surface area contributed by atoms with E-state index >= 15 is 0 Å². The van der Waals surface area contributed by atoms with Crippen LogP contribution in [0.15, 0.2) is 27.3 Å². The van der Waals surface area contributed by atoms with Gasteiger partial charge < -0.3 is 0 Å². The van der Waals surface area contributed by atoms with Crippen molar-refractivity contribution in [2.75, 3.05) is 6.54 Å². The van der Waals surface area contributed by atoms with Gasteiger partial charge in [0.15, 0.2) is 0 Å². The van der Waals surface area contributed by atoms with Gasteiger partial charge in [-0.15, -0.1) is 0 Å². The van der Waals surface area contributed by atoms with E-state index in [2.05, 4.69) is 47.4 Å². The molecule has 0 spiro atoms. The Bertz CT molecular complexity index is 261. The Morgan fingerprint density at radius 1 is 1.54 bits per heavy atom. The van der Waals surface area contributed by atoms with Crippen molar-refractivity contribution >= 4 is 30.5 Å². The third-order valence-corrected chi connectivity index (χ3v) is 4.09. The van der Waals surface area contributed by atoms with E-state index in [1.165, 1.54) is 9.93 Å². The van der Waals surface area contributed by atoms with Gasteiger partial charge in [0.25, 0.3) is 0 Å². The van der Waals surface area contributed by atoms with Crippen LogP contribution in [0, 0.1) is 5.92 Å². The van der Waals surface area contributed by atoms with Crippen molar-refractivity contribution in [3.8, 4) is 0 Å². The Morgan fingerprint density at radius 3 is 3.00 bits per heavy atom. The third-order valence-electron chi connectivity index (χ3n) is 1.96. The van der Waals surface area contributed by atoms with Gasteiger partial charge in [-0.1, -0.05) is 53.2 Å². The quantitative estimate of drug-likeness (QED) is 0.556. The number of hydrogen-bond donors (Lipinski definition) is 0. The Morgan fingerprint density at radius 2 is 2.38 bits per heavy atom. The van der Waals surface area contributed by atoms with Gasteiger partial charge in [-0.2, -0.15) is 0 Å². The molecule has 0 radical (unpaired) electrons. The summed E-state index contributed by atoms with van der Waals surface area (Å²) >= 11 is 0.112. The molecule has 1 nitrogen and oxygen atoms in total. The predicted octanol–water partition coefficient (Wildman–Crippen LogP) is 3.33. The van der Waals surface area contributed by atoms with Gasteiger partial charge in [0.2, 0.25) is 0 Å². The van der Waals surface area contributed by atoms with E-state index in [9.17, 15) is 0 Å². The van der Waals surface area contributed by atoms with Gasteiger partial charge in [-0.05, 0) is 16.1 Å². The lowest BCUT2D eigenvalue weighted by Gasteiger charge is -2.02. The van der Waals surface area contributed by atoms with Crippen molar-refractivity contribution in [2.45, 2.75) is 20.3 Å². The lowest BCUT2D eigenvalue weighted by atomic mass is 10.1. The van der Waals surface area contributed by atoms with Gasteiger partial charge >= 0.3 is 0 Å². The molecule has 0 amide bonds. The fourth-order valence-corrected chi connectivity index (χ4v) is 2.49. The molecule has 0 saturated heterocycles. The molecule has 0 aromatic carbocycles. The van der Waals surface area contributed by atoms with Gasteiger partial charge in [-0.25, -0.2) is 0 Å². The maximum atomic E-state index is 4.45. The first-order valence-corrected chi connectivity index (χ1v) is 6.98. The van der Waals surface area contributed by atoms with E-state index < -0.39 is 0 Å². The van der Waals surface area contributed by atoms with E-state index in [-0.39, 0.29) is 20.7 Å². The fraction of sp³-hybridized carbons (Fsp3) is 0.455. The minimum atomic E-state index is 0.112. The predicted molar refractivity (Wildman–Crippen MR) is 70.1 cm³/mol. The van der Waals surface area contributed by atoms with Crippen molar-refractivity contribution in [1.29, 1.82) is 0 Å². The molecule has 0 fully saturated rings. The molecule has 1 aliphatic rings. The summed E-state index contributed by atoms with van der Waals surface area (Å²) in [4.78, 5) is 4.45. The zero-order valence-corrected chi connectivity index (χ0v) is 10.4. The molecule has 72 valence electrons. The van der Waals surface area contributed by atoms with E-state index in [4.69, 9.17) is 0 Å². The number of hydrogen-bond acceptors (Lipinski definition) is 1. The second-order valence-electron chi connectivity index (χ2n) is 3.18. The maximum absolute atomic E-state index is 4.45. The lowest BCUT2D eigenvalue weighted by Crippen LogP contribution is -1.99. The van der Waals surface area contributed by atoms with Crippen molar-refractivity contribution in [3.63, 3.8) is 0 Å². The monoisotopic (exact) mass is 289 g/mol. The van der Waals surface area contributed by atoms with Gasteiger partial charge in [0, 0.05) is 16.3 Å². The Balaban J connectivity index is 2.36. The standard InChI is InChI=1S/C11H16IN/c1-3-10(2)8-13-9-11-6-4-5-7-12-11/h4-7,9-10H,3,8H2,1-2H3. The fourth-order valence-electron chi connectivity index (χ4n) is 0.855. The molecule has 0 bridgehead atoms. The van der Waals surface area contributed by atoms with E-state index in [1.54, 1.807) is 0 Å². The van der Waals surface area contributed by atoms with Crippen LogP contribution in [0.5, 0.6) is 0 Å². The summed E-state index contributed by atoms with van der Waals surface area (Å²) in [6, 6.07) is 0. The van der Waals surface area contributed by atoms with E-state index in [1.807, 2.05) is 0 Å². The average molecular weight is 289 g/mol. The largest absolute Gasteiger partial charge is 0.292 e. The minimum absolute atomic E-state index is 0.112. The molecule has 1 heterocycles. The van der Waals surface area contributed by atoms with Crippen molar-refractivity contribution in [1.82, 2.24) is 0 Å². The number of aliphatic imine (C=N–C) groups is 1. The van der Waals surface area contributed by atoms with Crippen LogP contribution in [0.3, 0.4) is 0 Å². The normalized spacial score (nSPS) is 18.5. The topological polar surface area (TPSA) is 12.4 Å². The van der Waals surface area contributed by atoms with Crippen molar-refractivity contribution in [3.05, 3.63) is 22.3 Å². The molecule has 1 rings (SSSR count). The van der Waals surface area contributed by atoms with Gasteiger partial charge in [-0.3, -0.25) is 4.99 Å². The van der Waals surface area contributed by atoms with Crippen molar-refractivity contribution < 1.29 is 0 Å². The first-order chi connectivity index (χ1) is 6.33. The molecule has 0 aliphatic carbocycles. The Labute approximate surface area is 90.4 Å². The highest BCUT2D eigenvalue weighted by molar-refractivity contribution is 14.2. The highest BCUT2D eigenvalue weighted by Crippen LogP contribution is 2.08. The number of allylic oxidation sites excluding steroid dienone is 3. The SMILES string of the molecule is CCC(C)CN=CC1=IC=CC=C1. The third kappa shape index (κ3) is 4.50. The first-order valence-electron chi connectivity index (χ1n) is 4.66. The summed E-state index contributed by atoms with van der Waals surface area (Å²) in [5.74, 6) is 0.721. The number of halogens is 1. The van der Waals surface area contributed by atoms with Crippen LogP contribution in [0.2, 0.25) is 0 Å². The molecule has 1 unspecified atom stereocenters. The molecule has 0 aromatic rings. The smallest absolute Gasteiger partial charge is 0.0415 e. The van der Waals surface area contributed by atoms with Gasteiger partial charge in [0.1, 0.15) is 0 Å². The van der Waals surface area contributed by atoms with Crippen LogP contribution < -0.4 is 0 Å². The summed E-state index contributed by atoms with van der Waals surface area (Å²) in [5, 5.41) is 0. The maximum Gasteiger partial charge on any atom is 0.0415 e. The summed E-state index contributed by atoms with van der Waals surface area (Å²) in [5.41, 5.74) is 0. The second kappa shape index (κ2) is 6.24. The van der Waals surface area contributed by atoms with Crippen LogP contribution in [-0.4, -0.2) is 16.3 Å². The lowest BCUT2D eigenvalue weighted by molar-refractivity contribution is 0.578. The number of rotatable bonds is 4. The van der Waals surface area contributed by atoms with Crippen molar-refractivity contribution in [2.24, 2.45) is 10.9 Å². The minimum Gasteiger partial charge on any atom is -0.292 e. The molecule has 0 saturated carbocycles. The molecule has 2 heteroatoms. The van der Waals surface area contributed by atoms with Crippen LogP contribution in [0.1, 0.15) is 20.3 Å². The summed E-state index contributed by atoms with van der Waals surface area (Å²) in [6.07, 6.45) is 9.66. The highest BCUT2D eigenvalue weighted by Gasteiger charge is 1.95. The highest BCUT2D eigenvalue weighted by atomic mass is 127. The Hall–Kier alpha value is -0.250. The number of nitrogens with zero attached hydrogens (tertiary/aromatic N) is 1. The molecule has 0 aromatic heterocycles. The molecule has 13 heavy (non-hydrogen) atoms. The van der Waals surface area contributed by atoms with Crippen LogP contribution in [-0.2, 0) is 0 Å². The Kier molecular flexibility index (Phi) is 5.20. The van der Waals surface area contributed by atoms with Crippen LogP contribution >= 0.6 is 20.7 Å². The molecular formula is C11H16IN. The molecule has 1 atom stereocenters. The van der Waals surface area contributed by atoms with Crippen LogP contribution in [0.25, 0.3) is 0 Å². The zero-order chi connectivity index (χ0) is 9.52. The van der Waals surface area contributed by atoms with Gasteiger partial charge in [0.05, 0.1) is 0 Å². The second-order valence-corrected chi connectivity index (χ2v) is 5.77. The van der Waals surface area contributed by atoms with E-state index in [0.717, 1.165) is 12.5 Å².